The Morgan fingerprint density at radius 2 is 1.80 bits per heavy atom. The minimum absolute atomic E-state index is 0.0137. The van der Waals surface area contributed by atoms with Gasteiger partial charge in [0, 0.05) is 13.2 Å². The summed E-state index contributed by atoms with van der Waals surface area (Å²) in [4.78, 5) is 0. The Morgan fingerprint density at radius 1 is 1.10 bits per heavy atom. The third-order valence-electron chi connectivity index (χ3n) is 2.36. The normalized spacial score (nSPS) is 11.6. The van der Waals surface area contributed by atoms with Crippen molar-refractivity contribution in [2.45, 2.75) is 19.3 Å². The van der Waals surface area contributed by atoms with Gasteiger partial charge in [-0.15, -0.1) is 13.2 Å². The van der Waals surface area contributed by atoms with Crippen LogP contribution in [0.15, 0.2) is 24.3 Å². The highest BCUT2D eigenvalue weighted by Gasteiger charge is 2.30. The molecule has 0 spiro atoms. The molecule has 4 nitrogen and oxygen atoms in total. The maximum absolute atomic E-state index is 12.0. The Bertz CT molecular complexity index is 368. The van der Waals surface area contributed by atoms with Crippen molar-refractivity contribution < 1.29 is 27.8 Å². The van der Waals surface area contributed by atoms with Crippen LogP contribution in [0.1, 0.15) is 12.0 Å². The van der Waals surface area contributed by atoms with Gasteiger partial charge in [-0.05, 0) is 30.7 Å². The number of hydrogen-bond donors (Lipinski definition) is 2. The first-order valence-corrected chi connectivity index (χ1v) is 6.25. The van der Waals surface area contributed by atoms with Crippen LogP contribution in [-0.2, 0) is 11.3 Å². The van der Waals surface area contributed by atoms with Gasteiger partial charge in [-0.3, -0.25) is 0 Å². The molecule has 0 aliphatic carbocycles. The fourth-order valence-electron chi connectivity index (χ4n) is 1.51. The van der Waals surface area contributed by atoms with E-state index in [1.54, 1.807) is 12.1 Å². The maximum atomic E-state index is 12.0. The van der Waals surface area contributed by atoms with Crippen LogP contribution in [0.4, 0.5) is 13.2 Å². The Morgan fingerprint density at radius 3 is 2.40 bits per heavy atom. The third-order valence-corrected chi connectivity index (χ3v) is 2.36. The predicted octanol–water partition coefficient (Wildman–Crippen LogP) is 2.07. The molecule has 0 radical (unpaired) electrons. The van der Waals surface area contributed by atoms with Crippen LogP contribution < -0.4 is 10.1 Å². The molecular weight excluding hydrogens is 275 g/mol. The van der Waals surface area contributed by atoms with Crippen LogP contribution in [0.2, 0.25) is 0 Å². The Balaban J connectivity index is 2.18. The van der Waals surface area contributed by atoms with Crippen molar-refractivity contribution in [2.75, 3.05) is 26.4 Å². The molecule has 0 aliphatic rings. The highest BCUT2D eigenvalue weighted by atomic mass is 19.4. The molecule has 0 saturated heterocycles. The summed E-state index contributed by atoms with van der Waals surface area (Å²) in [7, 11) is 0. The fraction of sp³-hybridized carbons (Fsp3) is 0.538. The topological polar surface area (TPSA) is 50.7 Å². The first kappa shape index (κ1) is 16.7. The zero-order valence-corrected chi connectivity index (χ0v) is 10.9. The molecule has 20 heavy (non-hydrogen) atoms. The molecule has 0 aliphatic heterocycles. The lowest BCUT2D eigenvalue weighted by molar-refractivity contribution is -0.274. The first-order valence-electron chi connectivity index (χ1n) is 6.25. The molecule has 0 bridgehead atoms. The van der Waals surface area contributed by atoms with Gasteiger partial charge in [0.05, 0.1) is 13.2 Å². The van der Waals surface area contributed by atoms with Crippen LogP contribution in [0.3, 0.4) is 0 Å². The van der Waals surface area contributed by atoms with Crippen LogP contribution in [-0.4, -0.2) is 37.8 Å². The van der Waals surface area contributed by atoms with Crippen LogP contribution in [0.25, 0.3) is 0 Å². The summed E-state index contributed by atoms with van der Waals surface area (Å²) in [5, 5.41) is 11.6. The number of halogens is 3. The number of aliphatic hydroxyl groups is 1. The minimum Gasteiger partial charge on any atom is -0.406 e. The van der Waals surface area contributed by atoms with Crippen LogP contribution >= 0.6 is 0 Å². The van der Waals surface area contributed by atoms with Gasteiger partial charge in [0.15, 0.2) is 0 Å². The highest BCUT2D eigenvalue weighted by molar-refractivity contribution is 5.27. The van der Waals surface area contributed by atoms with Crippen LogP contribution in [0.5, 0.6) is 5.75 Å². The van der Waals surface area contributed by atoms with Crippen LogP contribution in [0, 0.1) is 0 Å². The van der Waals surface area contributed by atoms with Gasteiger partial charge in [0.25, 0.3) is 0 Å². The van der Waals surface area contributed by atoms with Crippen molar-refractivity contribution in [2.24, 2.45) is 0 Å². The summed E-state index contributed by atoms with van der Waals surface area (Å²) in [6, 6.07) is 5.73. The molecule has 0 unspecified atom stereocenters. The SMILES string of the molecule is OCCOCCCNCc1ccc(OC(F)(F)F)cc1. The van der Waals surface area contributed by atoms with Crippen molar-refractivity contribution in [3.8, 4) is 5.75 Å². The van der Waals surface area contributed by atoms with Gasteiger partial charge < -0.3 is 19.9 Å². The molecule has 0 fully saturated rings. The number of alkyl halides is 3. The van der Waals surface area contributed by atoms with Crippen molar-refractivity contribution in [1.29, 1.82) is 0 Å². The van der Waals surface area contributed by atoms with Gasteiger partial charge in [0.2, 0.25) is 0 Å². The van der Waals surface area contributed by atoms with E-state index in [2.05, 4.69) is 10.1 Å². The molecule has 0 amide bonds. The fourth-order valence-corrected chi connectivity index (χ4v) is 1.51. The lowest BCUT2D eigenvalue weighted by atomic mass is 10.2. The predicted molar refractivity (Wildman–Crippen MR) is 67.4 cm³/mol. The molecule has 0 heterocycles. The van der Waals surface area contributed by atoms with E-state index in [4.69, 9.17) is 9.84 Å². The molecule has 1 rings (SSSR count). The van der Waals surface area contributed by atoms with Crippen molar-refractivity contribution in [3.05, 3.63) is 29.8 Å². The van der Waals surface area contributed by atoms with Crippen molar-refractivity contribution in [3.63, 3.8) is 0 Å². The molecule has 1 aromatic carbocycles. The average Bonchev–Trinajstić information content (AvgIpc) is 2.38. The lowest BCUT2D eigenvalue weighted by Crippen LogP contribution is -2.18. The summed E-state index contributed by atoms with van der Waals surface area (Å²) in [5.41, 5.74) is 0.871. The van der Waals surface area contributed by atoms with E-state index in [9.17, 15) is 13.2 Å². The second kappa shape index (κ2) is 8.78. The zero-order chi connectivity index (χ0) is 14.8. The molecule has 2 N–H and O–H groups in total. The van der Waals surface area contributed by atoms with E-state index >= 15 is 0 Å². The highest BCUT2D eigenvalue weighted by Crippen LogP contribution is 2.22. The zero-order valence-electron chi connectivity index (χ0n) is 10.9. The first-order chi connectivity index (χ1) is 9.51. The van der Waals surface area contributed by atoms with Crippen molar-refractivity contribution >= 4 is 0 Å². The summed E-state index contributed by atoms with van der Waals surface area (Å²) in [6.45, 7) is 2.20. The van der Waals surface area contributed by atoms with Gasteiger partial charge in [-0.1, -0.05) is 12.1 Å². The van der Waals surface area contributed by atoms with E-state index in [1.165, 1.54) is 12.1 Å². The van der Waals surface area contributed by atoms with E-state index in [0.717, 1.165) is 18.5 Å². The number of aliphatic hydroxyl groups excluding tert-OH is 1. The van der Waals surface area contributed by atoms with Gasteiger partial charge in [0.1, 0.15) is 5.75 Å². The smallest absolute Gasteiger partial charge is 0.406 e. The number of nitrogens with one attached hydrogen (secondary N) is 1. The second-order valence-electron chi connectivity index (χ2n) is 4.06. The lowest BCUT2D eigenvalue weighted by Gasteiger charge is -2.09. The monoisotopic (exact) mass is 293 g/mol. The van der Waals surface area contributed by atoms with Gasteiger partial charge in [-0.2, -0.15) is 0 Å². The quantitative estimate of drug-likeness (QED) is 0.684. The molecular formula is C13H18F3NO3. The van der Waals surface area contributed by atoms with Gasteiger partial charge >= 0.3 is 6.36 Å². The van der Waals surface area contributed by atoms with Gasteiger partial charge in [-0.25, -0.2) is 0 Å². The average molecular weight is 293 g/mol. The Kier molecular flexibility index (Phi) is 7.35. The summed E-state index contributed by atoms with van der Waals surface area (Å²) in [6.07, 6.45) is -3.86. The van der Waals surface area contributed by atoms with Crippen molar-refractivity contribution in [1.82, 2.24) is 5.32 Å². The number of benzene rings is 1. The Labute approximate surface area is 115 Å². The minimum atomic E-state index is -4.66. The van der Waals surface area contributed by atoms with E-state index in [-0.39, 0.29) is 12.4 Å². The number of rotatable bonds is 9. The number of hydrogen-bond acceptors (Lipinski definition) is 4. The maximum Gasteiger partial charge on any atom is 0.573 e. The van der Waals surface area contributed by atoms with E-state index in [1.807, 2.05) is 0 Å². The molecule has 7 heteroatoms. The van der Waals surface area contributed by atoms with E-state index in [0.29, 0.717) is 19.8 Å². The Hall–Kier alpha value is -1.31. The van der Waals surface area contributed by atoms with E-state index < -0.39 is 6.36 Å². The summed E-state index contributed by atoms with van der Waals surface area (Å²) < 4.78 is 44.7. The summed E-state index contributed by atoms with van der Waals surface area (Å²) in [5.74, 6) is -0.223. The largest absolute Gasteiger partial charge is 0.573 e. The molecule has 1 aromatic rings. The standard InChI is InChI=1S/C13H18F3NO3/c14-13(15,16)20-12-4-2-11(3-5-12)10-17-6-1-8-19-9-7-18/h2-5,17-18H,1,6-10H2. The molecule has 114 valence electrons. The third kappa shape index (κ3) is 7.98. The second-order valence-corrected chi connectivity index (χ2v) is 4.06. The summed E-state index contributed by atoms with van der Waals surface area (Å²) >= 11 is 0. The molecule has 0 aromatic heterocycles. The number of ether oxygens (including phenoxy) is 2. The molecule has 0 atom stereocenters. The molecule has 0 saturated carbocycles.